The van der Waals surface area contributed by atoms with E-state index >= 15 is 0 Å². The summed E-state index contributed by atoms with van der Waals surface area (Å²) < 4.78 is 1.83. The third-order valence-electron chi connectivity index (χ3n) is 6.23. The van der Waals surface area contributed by atoms with Crippen LogP contribution in [0.2, 0.25) is 0 Å². The number of fused-ring (bicyclic) bond motifs is 4. The van der Waals surface area contributed by atoms with Crippen molar-refractivity contribution in [3.8, 4) is 28.1 Å². The summed E-state index contributed by atoms with van der Waals surface area (Å²) in [4.78, 5) is 15.3. The topological polar surface area (TPSA) is 66.8 Å². The Bertz CT molecular complexity index is 1240. The quantitative estimate of drug-likeness (QED) is 0.571. The van der Waals surface area contributed by atoms with E-state index in [0.29, 0.717) is 5.69 Å². The van der Waals surface area contributed by atoms with Crippen molar-refractivity contribution < 1.29 is 4.79 Å². The van der Waals surface area contributed by atoms with E-state index in [1.807, 2.05) is 65.4 Å². The Morgan fingerprint density at radius 2 is 1.83 bits per heavy atom. The number of carbonyl (C=O) groups excluding carboxylic acids is 1. The lowest BCUT2D eigenvalue weighted by Crippen LogP contribution is -2.36. The zero-order chi connectivity index (χ0) is 19.6. The lowest BCUT2D eigenvalue weighted by molar-refractivity contribution is 0.0704. The molecule has 0 unspecified atom stereocenters. The number of amides is 1. The SMILES string of the molecule is CN1C(=O)c2cc(-c3ccccc3)nn2-c2cc(-c3cn[nH]c3)ccc2C12CC2. The monoisotopic (exact) mass is 381 g/mol. The van der Waals surface area contributed by atoms with Crippen LogP contribution in [0.1, 0.15) is 28.9 Å². The van der Waals surface area contributed by atoms with Crippen molar-refractivity contribution >= 4 is 5.91 Å². The summed E-state index contributed by atoms with van der Waals surface area (Å²) in [7, 11) is 1.91. The molecule has 6 heteroatoms. The molecule has 1 aliphatic carbocycles. The van der Waals surface area contributed by atoms with E-state index in [1.165, 1.54) is 0 Å². The van der Waals surface area contributed by atoms with E-state index in [0.717, 1.165) is 46.5 Å². The summed E-state index contributed by atoms with van der Waals surface area (Å²) in [6, 6.07) is 18.3. The zero-order valence-corrected chi connectivity index (χ0v) is 16.0. The van der Waals surface area contributed by atoms with Gasteiger partial charge in [0.1, 0.15) is 5.69 Å². The van der Waals surface area contributed by atoms with Gasteiger partial charge in [0.05, 0.1) is 23.1 Å². The summed E-state index contributed by atoms with van der Waals surface area (Å²) in [5, 5.41) is 11.8. The third-order valence-corrected chi connectivity index (χ3v) is 6.23. The van der Waals surface area contributed by atoms with Gasteiger partial charge in [-0.25, -0.2) is 4.68 Å². The molecule has 1 amide bonds. The molecule has 1 N–H and O–H groups in total. The maximum absolute atomic E-state index is 13.4. The molecule has 1 spiro atoms. The van der Waals surface area contributed by atoms with Gasteiger partial charge in [-0.2, -0.15) is 10.2 Å². The number of benzene rings is 2. The number of nitrogens with one attached hydrogen (secondary N) is 1. The summed E-state index contributed by atoms with van der Waals surface area (Å²) >= 11 is 0. The molecular formula is C23H19N5O. The molecule has 142 valence electrons. The molecule has 0 bridgehead atoms. The normalized spacial score (nSPS) is 16.4. The van der Waals surface area contributed by atoms with Crippen molar-refractivity contribution in [2.75, 3.05) is 7.05 Å². The lowest BCUT2D eigenvalue weighted by Gasteiger charge is -2.27. The molecule has 6 rings (SSSR count). The lowest BCUT2D eigenvalue weighted by atomic mass is 9.98. The summed E-state index contributed by atoms with van der Waals surface area (Å²) in [6.07, 6.45) is 5.64. The van der Waals surface area contributed by atoms with Crippen LogP contribution in [0.3, 0.4) is 0 Å². The standard InChI is InChI=1S/C23H19N5O/c1-27-22(29)21-12-19(15-5-3-2-4-6-15)26-28(21)20-11-16(17-13-24-25-14-17)7-8-18(20)23(27)9-10-23/h2-8,11-14H,9-10H2,1H3,(H,24,25). The summed E-state index contributed by atoms with van der Waals surface area (Å²) in [5.41, 5.74) is 6.35. The van der Waals surface area contributed by atoms with Crippen LogP contribution >= 0.6 is 0 Å². The molecule has 0 atom stereocenters. The van der Waals surface area contributed by atoms with Crippen molar-refractivity contribution in [1.29, 1.82) is 0 Å². The van der Waals surface area contributed by atoms with E-state index in [4.69, 9.17) is 5.10 Å². The first-order chi connectivity index (χ1) is 14.2. The van der Waals surface area contributed by atoms with Gasteiger partial charge in [-0.3, -0.25) is 9.89 Å². The van der Waals surface area contributed by atoms with E-state index < -0.39 is 0 Å². The van der Waals surface area contributed by atoms with Gasteiger partial charge in [-0.15, -0.1) is 0 Å². The molecule has 29 heavy (non-hydrogen) atoms. The molecule has 1 saturated carbocycles. The highest BCUT2D eigenvalue weighted by Gasteiger charge is 2.53. The molecule has 6 nitrogen and oxygen atoms in total. The Hall–Kier alpha value is -3.67. The van der Waals surface area contributed by atoms with Crippen LogP contribution in [0, 0.1) is 0 Å². The first-order valence-electron chi connectivity index (χ1n) is 9.75. The number of aromatic nitrogens is 4. The fourth-order valence-corrected chi connectivity index (χ4v) is 4.43. The molecule has 1 aliphatic heterocycles. The van der Waals surface area contributed by atoms with Gasteiger partial charge in [0, 0.05) is 29.9 Å². The van der Waals surface area contributed by atoms with Gasteiger partial charge in [-0.05, 0) is 30.5 Å². The first kappa shape index (κ1) is 16.3. The van der Waals surface area contributed by atoms with E-state index in [1.54, 1.807) is 0 Å². The average molecular weight is 381 g/mol. The number of hydrogen-bond acceptors (Lipinski definition) is 3. The number of hydrogen-bond donors (Lipinski definition) is 1. The molecule has 3 heterocycles. The number of aromatic amines is 1. The average Bonchev–Trinajstić information content (AvgIpc) is 3.19. The van der Waals surface area contributed by atoms with Crippen LogP contribution in [-0.4, -0.2) is 37.8 Å². The number of carbonyl (C=O) groups is 1. The highest BCUT2D eigenvalue weighted by Crippen LogP contribution is 2.54. The molecule has 0 radical (unpaired) electrons. The first-order valence-corrected chi connectivity index (χ1v) is 9.75. The Balaban J connectivity index is 1.61. The van der Waals surface area contributed by atoms with Gasteiger partial charge >= 0.3 is 0 Å². The van der Waals surface area contributed by atoms with E-state index in [2.05, 4.69) is 28.4 Å². The van der Waals surface area contributed by atoms with Crippen LogP contribution in [0.15, 0.2) is 67.0 Å². The molecule has 4 aromatic rings. The number of nitrogens with zero attached hydrogens (tertiary/aromatic N) is 4. The Labute approximate surface area is 167 Å². The largest absolute Gasteiger partial charge is 0.331 e. The van der Waals surface area contributed by atoms with E-state index in [9.17, 15) is 4.79 Å². The second-order valence-corrected chi connectivity index (χ2v) is 7.81. The zero-order valence-electron chi connectivity index (χ0n) is 16.0. The second kappa shape index (κ2) is 5.67. The predicted molar refractivity (Wildman–Crippen MR) is 110 cm³/mol. The second-order valence-electron chi connectivity index (χ2n) is 7.81. The van der Waals surface area contributed by atoms with Crippen LogP contribution in [0.4, 0.5) is 0 Å². The molecule has 1 fully saturated rings. The number of H-pyrrole nitrogens is 1. The molecular weight excluding hydrogens is 362 g/mol. The van der Waals surface area contributed by atoms with Crippen molar-refractivity contribution in [3.63, 3.8) is 0 Å². The fraction of sp³-hybridized carbons (Fsp3) is 0.174. The van der Waals surface area contributed by atoms with Crippen LogP contribution < -0.4 is 0 Å². The third kappa shape index (κ3) is 2.26. The fourth-order valence-electron chi connectivity index (χ4n) is 4.43. The maximum atomic E-state index is 13.4. The predicted octanol–water partition coefficient (Wildman–Crippen LogP) is 4.00. The van der Waals surface area contributed by atoms with Crippen molar-refractivity contribution in [1.82, 2.24) is 24.9 Å². The van der Waals surface area contributed by atoms with Gasteiger partial charge in [0.15, 0.2) is 0 Å². The van der Waals surface area contributed by atoms with Crippen LogP contribution in [-0.2, 0) is 5.54 Å². The summed E-state index contributed by atoms with van der Waals surface area (Å²) in [6.45, 7) is 0. The van der Waals surface area contributed by atoms with Crippen molar-refractivity contribution in [2.45, 2.75) is 18.4 Å². The van der Waals surface area contributed by atoms with Crippen LogP contribution in [0.25, 0.3) is 28.1 Å². The highest BCUT2D eigenvalue weighted by atomic mass is 16.2. The van der Waals surface area contributed by atoms with Gasteiger partial charge in [-0.1, -0.05) is 42.5 Å². The highest BCUT2D eigenvalue weighted by molar-refractivity contribution is 5.96. The van der Waals surface area contributed by atoms with Gasteiger partial charge in [0.2, 0.25) is 0 Å². The molecule has 2 aliphatic rings. The molecule has 0 saturated heterocycles. The van der Waals surface area contributed by atoms with Gasteiger partial charge < -0.3 is 4.90 Å². The molecule has 2 aromatic heterocycles. The minimum atomic E-state index is -0.227. The minimum Gasteiger partial charge on any atom is -0.331 e. The van der Waals surface area contributed by atoms with E-state index in [-0.39, 0.29) is 11.4 Å². The van der Waals surface area contributed by atoms with Crippen LogP contribution in [0.5, 0.6) is 0 Å². The Morgan fingerprint density at radius 1 is 1.00 bits per heavy atom. The Kier molecular flexibility index (Phi) is 3.19. The number of rotatable bonds is 2. The van der Waals surface area contributed by atoms with Crippen molar-refractivity contribution in [2.24, 2.45) is 0 Å². The maximum Gasteiger partial charge on any atom is 0.273 e. The molecule has 2 aromatic carbocycles. The van der Waals surface area contributed by atoms with Crippen molar-refractivity contribution in [3.05, 3.63) is 78.2 Å². The Morgan fingerprint density at radius 3 is 2.55 bits per heavy atom. The van der Waals surface area contributed by atoms with Gasteiger partial charge in [0.25, 0.3) is 5.91 Å². The summed E-state index contributed by atoms with van der Waals surface area (Å²) in [5.74, 6) is 0.0123. The smallest absolute Gasteiger partial charge is 0.273 e. The minimum absolute atomic E-state index is 0.0123.